The number of carbonyl (C=O) groups excluding carboxylic acids is 2. The van der Waals surface area contributed by atoms with E-state index in [1.54, 1.807) is 30.3 Å². The minimum atomic E-state index is -0.778. The van der Waals surface area contributed by atoms with Crippen LogP contribution in [0.15, 0.2) is 24.3 Å². The normalized spacial score (nSPS) is 11.2. The summed E-state index contributed by atoms with van der Waals surface area (Å²) >= 11 is 5.71. The Bertz CT molecular complexity index is 494. The van der Waals surface area contributed by atoms with Crippen molar-refractivity contribution in [2.45, 2.75) is 19.4 Å². The van der Waals surface area contributed by atoms with Crippen molar-refractivity contribution in [1.29, 1.82) is 5.26 Å². The molecule has 0 unspecified atom stereocenters. The van der Waals surface area contributed by atoms with Gasteiger partial charge in [-0.15, -0.1) is 0 Å². The van der Waals surface area contributed by atoms with Crippen LogP contribution < -0.4 is 5.32 Å². The summed E-state index contributed by atoms with van der Waals surface area (Å²) in [4.78, 5) is 22.9. The first-order valence-electron chi connectivity index (χ1n) is 5.66. The molecule has 0 radical (unpaired) electrons. The first kappa shape index (κ1) is 15.0. The molecule has 0 fully saturated rings. The van der Waals surface area contributed by atoms with Gasteiger partial charge in [-0.1, -0.05) is 11.6 Å². The Morgan fingerprint density at radius 1 is 1.42 bits per heavy atom. The summed E-state index contributed by atoms with van der Waals surface area (Å²) in [6, 6.07) is 8.19. The van der Waals surface area contributed by atoms with Crippen LogP contribution in [0.25, 0.3) is 0 Å². The first-order chi connectivity index (χ1) is 9.02. The lowest BCUT2D eigenvalue weighted by atomic mass is 10.2. The largest absolute Gasteiger partial charge is 0.447 e. The Morgan fingerprint density at radius 3 is 2.63 bits per heavy atom. The van der Waals surface area contributed by atoms with Crippen molar-refractivity contribution in [2.75, 3.05) is 6.54 Å². The lowest BCUT2D eigenvalue weighted by Gasteiger charge is -2.07. The zero-order chi connectivity index (χ0) is 14.3. The summed E-state index contributed by atoms with van der Waals surface area (Å²) in [5.41, 5.74) is 0.461. The molecule has 0 bridgehead atoms. The van der Waals surface area contributed by atoms with E-state index in [9.17, 15) is 9.59 Å². The molecule has 1 N–H and O–H groups in total. The first-order valence-corrected chi connectivity index (χ1v) is 6.03. The number of hydrogen-bond donors (Lipinski definition) is 1. The summed E-state index contributed by atoms with van der Waals surface area (Å²) in [6.45, 7) is 1.63. The summed E-state index contributed by atoms with van der Waals surface area (Å²) in [5.74, 6) is -0.816. The van der Waals surface area contributed by atoms with Crippen LogP contribution in [-0.4, -0.2) is 24.5 Å². The molecule has 1 atom stereocenters. The van der Waals surface area contributed by atoms with Crippen LogP contribution in [0.3, 0.4) is 0 Å². The van der Waals surface area contributed by atoms with Gasteiger partial charge in [-0.2, -0.15) is 5.26 Å². The van der Waals surface area contributed by atoms with Crippen LogP contribution in [-0.2, 0) is 9.53 Å². The average Bonchev–Trinajstić information content (AvgIpc) is 2.39. The highest BCUT2D eigenvalue weighted by molar-refractivity contribution is 6.30. The van der Waals surface area contributed by atoms with Crippen molar-refractivity contribution in [3.05, 3.63) is 34.9 Å². The molecular weight excluding hydrogens is 268 g/mol. The number of rotatable bonds is 5. The number of hydrogen-bond acceptors (Lipinski definition) is 4. The molecular formula is C13H13ClN2O3. The Labute approximate surface area is 116 Å². The predicted molar refractivity (Wildman–Crippen MR) is 69.6 cm³/mol. The molecule has 6 heteroatoms. The summed E-state index contributed by atoms with van der Waals surface area (Å²) < 4.78 is 4.73. The van der Waals surface area contributed by atoms with Gasteiger partial charge in [-0.3, -0.25) is 9.59 Å². The Kier molecular flexibility index (Phi) is 5.83. The second kappa shape index (κ2) is 7.39. The van der Waals surface area contributed by atoms with Gasteiger partial charge in [0.2, 0.25) is 0 Å². The molecule has 0 aliphatic heterocycles. The molecule has 0 saturated carbocycles. The fraction of sp³-hybridized carbons (Fsp3) is 0.308. The van der Waals surface area contributed by atoms with Crippen molar-refractivity contribution < 1.29 is 14.3 Å². The number of nitriles is 1. The van der Waals surface area contributed by atoms with Gasteiger partial charge in [0.15, 0.2) is 6.10 Å². The van der Waals surface area contributed by atoms with Crippen LogP contribution in [0.1, 0.15) is 23.7 Å². The smallest absolute Gasteiger partial charge is 0.308 e. The van der Waals surface area contributed by atoms with E-state index in [-0.39, 0.29) is 18.9 Å². The lowest BCUT2D eigenvalue weighted by Crippen LogP contribution is -2.27. The Balaban J connectivity index is 2.33. The van der Waals surface area contributed by atoms with Crippen LogP contribution in [0.5, 0.6) is 0 Å². The van der Waals surface area contributed by atoms with E-state index in [0.29, 0.717) is 10.6 Å². The van der Waals surface area contributed by atoms with E-state index in [2.05, 4.69) is 5.32 Å². The van der Waals surface area contributed by atoms with Crippen LogP contribution in [0.2, 0.25) is 5.02 Å². The molecule has 0 aliphatic rings. The van der Waals surface area contributed by atoms with E-state index in [1.165, 1.54) is 6.92 Å². The number of esters is 1. The van der Waals surface area contributed by atoms with Gasteiger partial charge in [0.25, 0.3) is 5.91 Å². The third-order valence-corrected chi connectivity index (χ3v) is 2.46. The predicted octanol–water partition coefficient (Wildman–Crippen LogP) is 1.92. The van der Waals surface area contributed by atoms with E-state index in [1.807, 2.05) is 0 Å². The molecule has 1 amide bonds. The highest BCUT2D eigenvalue weighted by Gasteiger charge is 2.09. The maximum absolute atomic E-state index is 11.7. The molecule has 1 rings (SSSR count). The number of nitrogens with one attached hydrogen (secondary N) is 1. The molecule has 1 aromatic rings. The molecule has 0 aromatic heterocycles. The van der Waals surface area contributed by atoms with Gasteiger partial charge in [0.1, 0.15) is 6.07 Å². The van der Waals surface area contributed by atoms with Crippen LogP contribution in [0.4, 0.5) is 0 Å². The number of halogens is 1. The van der Waals surface area contributed by atoms with Crippen LogP contribution >= 0.6 is 11.6 Å². The molecule has 0 aliphatic carbocycles. The number of nitrogens with zero attached hydrogens (tertiary/aromatic N) is 1. The maximum Gasteiger partial charge on any atom is 0.308 e. The second-order valence-electron chi connectivity index (χ2n) is 3.77. The van der Waals surface area contributed by atoms with Gasteiger partial charge >= 0.3 is 5.97 Å². The molecule has 100 valence electrons. The zero-order valence-corrected chi connectivity index (χ0v) is 11.1. The van der Waals surface area contributed by atoms with Gasteiger partial charge < -0.3 is 10.1 Å². The molecule has 1 aromatic carbocycles. The standard InChI is InChI=1S/C13H13ClN2O3/c1-9(8-15)19-12(17)6-7-16-13(18)10-2-4-11(14)5-3-10/h2-5,9H,6-7H2,1H3,(H,16,18)/t9-/m1/s1. The van der Waals surface area contributed by atoms with Crippen molar-refractivity contribution >= 4 is 23.5 Å². The molecule has 5 nitrogen and oxygen atoms in total. The summed E-state index contributed by atoms with van der Waals surface area (Å²) in [7, 11) is 0. The Hall–Kier alpha value is -2.06. The molecule has 0 heterocycles. The van der Waals surface area contributed by atoms with Gasteiger partial charge in [-0.25, -0.2) is 0 Å². The van der Waals surface area contributed by atoms with Crippen LogP contribution in [0, 0.1) is 11.3 Å². The number of amides is 1. The van der Waals surface area contributed by atoms with Crippen molar-refractivity contribution in [2.24, 2.45) is 0 Å². The third kappa shape index (κ3) is 5.40. The van der Waals surface area contributed by atoms with E-state index < -0.39 is 12.1 Å². The summed E-state index contributed by atoms with van der Waals surface area (Å²) in [5, 5.41) is 11.6. The fourth-order valence-electron chi connectivity index (χ4n) is 1.26. The molecule has 0 spiro atoms. The minimum Gasteiger partial charge on any atom is -0.447 e. The quantitative estimate of drug-likeness (QED) is 0.836. The van der Waals surface area contributed by atoms with E-state index in [4.69, 9.17) is 21.6 Å². The van der Waals surface area contributed by atoms with Gasteiger partial charge in [-0.05, 0) is 31.2 Å². The molecule has 19 heavy (non-hydrogen) atoms. The van der Waals surface area contributed by atoms with Gasteiger partial charge in [0, 0.05) is 17.1 Å². The van der Waals surface area contributed by atoms with E-state index >= 15 is 0 Å². The highest BCUT2D eigenvalue weighted by Crippen LogP contribution is 2.09. The highest BCUT2D eigenvalue weighted by atomic mass is 35.5. The lowest BCUT2D eigenvalue weighted by molar-refractivity contribution is -0.145. The number of ether oxygens (including phenoxy) is 1. The minimum absolute atomic E-state index is 0.0192. The monoisotopic (exact) mass is 280 g/mol. The van der Waals surface area contributed by atoms with E-state index in [0.717, 1.165) is 0 Å². The second-order valence-corrected chi connectivity index (χ2v) is 4.21. The molecule has 0 saturated heterocycles. The topological polar surface area (TPSA) is 79.2 Å². The fourth-order valence-corrected chi connectivity index (χ4v) is 1.39. The third-order valence-electron chi connectivity index (χ3n) is 2.21. The summed E-state index contributed by atoms with van der Waals surface area (Å²) in [6.07, 6.45) is -0.759. The Morgan fingerprint density at radius 2 is 2.05 bits per heavy atom. The van der Waals surface area contributed by atoms with Crippen molar-refractivity contribution in [3.63, 3.8) is 0 Å². The van der Waals surface area contributed by atoms with Crippen molar-refractivity contribution in [1.82, 2.24) is 5.32 Å². The maximum atomic E-state index is 11.7. The zero-order valence-electron chi connectivity index (χ0n) is 10.4. The number of benzene rings is 1. The SMILES string of the molecule is C[C@H](C#N)OC(=O)CCNC(=O)c1ccc(Cl)cc1. The number of carbonyl (C=O) groups is 2. The van der Waals surface area contributed by atoms with Crippen molar-refractivity contribution in [3.8, 4) is 6.07 Å². The van der Waals surface area contributed by atoms with Gasteiger partial charge in [0.05, 0.1) is 6.42 Å². The average molecular weight is 281 g/mol.